The molecule has 14 heavy (non-hydrogen) atoms. The normalized spacial score (nSPS) is 9.86. The Hall–Kier alpha value is -1.98. The van der Waals surface area contributed by atoms with Gasteiger partial charge in [0, 0.05) is 0 Å². The predicted octanol–water partition coefficient (Wildman–Crippen LogP) is 0.606. The van der Waals surface area contributed by atoms with E-state index in [-0.39, 0.29) is 5.56 Å². The second-order valence-electron chi connectivity index (χ2n) is 2.52. The van der Waals surface area contributed by atoms with Crippen molar-refractivity contribution in [3.63, 3.8) is 0 Å². The molecule has 0 amide bonds. The summed E-state index contributed by atoms with van der Waals surface area (Å²) in [6.07, 6.45) is 0. The van der Waals surface area contributed by atoms with Crippen LogP contribution in [0.4, 0.5) is 10.1 Å². The molecular weight excluding hydrogens is 193 g/mol. The number of benzene rings is 1. The van der Waals surface area contributed by atoms with Gasteiger partial charge in [-0.2, -0.15) is 0 Å². The highest BCUT2D eigenvalue weighted by Crippen LogP contribution is 2.35. The Morgan fingerprint density at radius 1 is 1.50 bits per heavy atom. The molecule has 1 aromatic rings. The highest BCUT2D eigenvalue weighted by Gasteiger charge is 2.20. The minimum atomic E-state index is -1.17. The minimum absolute atomic E-state index is 0.385. The van der Waals surface area contributed by atoms with Crippen LogP contribution in [0.2, 0.25) is 0 Å². The number of halogens is 1. The number of nitrogen functional groups attached to an aromatic ring is 1. The van der Waals surface area contributed by atoms with Crippen molar-refractivity contribution in [2.24, 2.45) is 0 Å². The number of phenolic OH excluding ortho intramolecular Hbond substituents is 2. The van der Waals surface area contributed by atoms with Crippen LogP contribution < -0.4 is 5.73 Å². The fourth-order valence-corrected chi connectivity index (χ4v) is 0.921. The number of hydrogen-bond donors (Lipinski definition) is 3. The van der Waals surface area contributed by atoms with E-state index in [4.69, 9.17) is 15.9 Å². The van der Waals surface area contributed by atoms with Gasteiger partial charge in [-0.05, 0) is 6.07 Å². The van der Waals surface area contributed by atoms with Gasteiger partial charge in [0.2, 0.25) is 0 Å². The second kappa shape index (κ2) is 3.41. The molecule has 0 atom stereocenters. The summed E-state index contributed by atoms with van der Waals surface area (Å²) in [6.45, 7) is 0. The van der Waals surface area contributed by atoms with Crippen LogP contribution in [0.1, 0.15) is 10.4 Å². The van der Waals surface area contributed by atoms with Gasteiger partial charge in [-0.15, -0.1) is 0 Å². The summed E-state index contributed by atoms with van der Waals surface area (Å²) >= 11 is 0. The highest BCUT2D eigenvalue weighted by molar-refractivity contribution is 5.94. The molecule has 0 aliphatic rings. The van der Waals surface area contributed by atoms with Crippen LogP contribution in [0.3, 0.4) is 0 Å². The summed E-state index contributed by atoms with van der Waals surface area (Å²) in [5, 5.41) is 18.2. The third-order valence-corrected chi connectivity index (χ3v) is 1.65. The van der Waals surface area contributed by atoms with Gasteiger partial charge in [0.25, 0.3) is 0 Å². The molecule has 0 aliphatic carbocycles. The zero-order valence-corrected chi connectivity index (χ0v) is 7.24. The van der Waals surface area contributed by atoms with E-state index in [1.54, 1.807) is 0 Å². The minimum Gasteiger partial charge on any atom is -0.504 e. The molecule has 0 radical (unpaired) electrons. The summed E-state index contributed by atoms with van der Waals surface area (Å²) in [7, 11) is 1.08. The maximum absolute atomic E-state index is 12.9. The number of hydrogen-bond acceptors (Lipinski definition) is 5. The number of anilines is 1. The molecule has 76 valence electrons. The van der Waals surface area contributed by atoms with Crippen molar-refractivity contribution in [3.8, 4) is 11.5 Å². The van der Waals surface area contributed by atoms with Gasteiger partial charge in [0.15, 0.2) is 17.3 Å². The van der Waals surface area contributed by atoms with Gasteiger partial charge >= 0.3 is 5.97 Å². The van der Waals surface area contributed by atoms with E-state index < -0.39 is 29.0 Å². The maximum Gasteiger partial charge on any atom is 0.341 e. The summed E-state index contributed by atoms with van der Waals surface area (Å²) in [5.41, 5.74) is 4.30. The monoisotopic (exact) mass is 201 g/mol. The SMILES string of the molecule is COC(=O)c1cc(N)c(F)c(O)c1O. The molecule has 0 spiro atoms. The molecule has 0 saturated carbocycles. The molecule has 5 nitrogen and oxygen atoms in total. The van der Waals surface area contributed by atoms with Crippen LogP contribution in [0.5, 0.6) is 11.5 Å². The molecule has 0 unspecified atom stereocenters. The number of phenols is 2. The first-order valence-corrected chi connectivity index (χ1v) is 3.57. The van der Waals surface area contributed by atoms with Gasteiger partial charge in [-0.25, -0.2) is 9.18 Å². The Bertz CT molecular complexity index is 391. The summed E-state index contributed by atoms with van der Waals surface area (Å²) in [4.78, 5) is 11.0. The third-order valence-electron chi connectivity index (χ3n) is 1.65. The number of aromatic hydroxyl groups is 2. The smallest absolute Gasteiger partial charge is 0.341 e. The summed E-state index contributed by atoms with van der Waals surface area (Å²) in [5.74, 6) is -4.03. The maximum atomic E-state index is 12.9. The first-order chi connectivity index (χ1) is 6.49. The Labute approximate surface area is 78.5 Å². The predicted molar refractivity (Wildman–Crippen MR) is 45.5 cm³/mol. The molecule has 1 aromatic carbocycles. The molecule has 1 rings (SSSR count). The van der Waals surface area contributed by atoms with Crippen molar-refractivity contribution in [2.75, 3.05) is 12.8 Å². The molecule has 0 aromatic heterocycles. The summed E-state index contributed by atoms with van der Waals surface area (Å²) in [6, 6.07) is 0.885. The number of nitrogens with two attached hydrogens (primary N) is 1. The van der Waals surface area contributed by atoms with Crippen molar-refractivity contribution in [1.29, 1.82) is 0 Å². The summed E-state index contributed by atoms with van der Waals surface area (Å²) < 4.78 is 17.1. The van der Waals surface area contributed by atoms with Gasteiger partial charge in [0.1, 0.15) is 5.56 Å². The molecule has 0 bridgehead atoms. The topological polar surface area (TPSA) is 92.8 Å². The molecule has 6 heteroatoms. The Kier molecular flexibility index (Phi) is 2.46. The zero-order chi connectivity index (χ0) is 10.9. The van der Waals surface area contributed by atoms with Crippen molar-refractivity contribution in [2.45, 2.75) is 0 Å². The zero-order valence-electron chi connectivity index (χ0n) is 7.24. The molecule has 0 heterocycles. The van der Waals surface area contributed by atoms with Crippen molar-refractivity contribution < 1.29 is 24.1 Å². The number of methoxy groups -OCH3 is 1. The van der Waals surface area contributed by atoms with Gasteiger partial charge < -0.3 is 20.7 Å². The van der Waals surface area contributed by atoms with Crippen LogP contribution in [-0.2, 0) is 4.74 Å². The first kappa shape index (κ1) is 10.1. The largest absolute Gasteiger partial charge is 0.504 e. The standard InChI is InChI=1S/C8H8FNO4/c1-14-8(13)3-2-4(10)5(9)7(12)6(3)11/h2,11-12H,10H2,1H3. The van der Waals surface area contributed by atoms with Crippen molar-refractivity contribution in [3.05, 3.63) is 17.4 Å². The average Bonchev–Trinajstić information content (AvgIpc) is 2.19. The number of carbonyl (C=O) groups is 1. The Morgan fingerprint density at radius 3 is 2.57 bits per heavy atom. The van der Waals surface area contributed by atoms with Crippen LogP contribution in [0.15, 0.2) is 6.07 Å². The molecular formula is C8H8FNO4. The Morgan fingerprint density at radius 2 is 2.07 bits per heavy atom. The van der Waals surface area contributed by atoms with E-state index in [2.05, 4.69) is 4.74 Å². The van der Waals surface area contributed by atoms with Crippen LogP contribution in [0, 0.1) is 5.82 Å². The van der Waals surface area contributed by atoms with Crippen molar-refractivity contribution in [1.82, 2.24) is 0 Å². The lowest BCUT2D eigenvalue weighted by atomic mass is 10.1. The fraction of sp³-hybridized carbons (Fsp3) is 0.125. The van der Waals surface area contributed by atoms with Crippen molar-refractivity contribution >= 4 is 11.7 Å². The Balaban J connectivity index is 3.40. The molecule has 0 fully saturated rings. The third kappa shape index (κ3) is 1.41. The van der Waals surface area contributed by atoms with Gasteiger partial charge in [-0.3, -0.25) is 0 Å². The first-order valence-electron chi connectivity index (χ1n) is 3.57. The van der Waals surface area contributed by atoms with Gasteiger partial charge in [0.05, 0.1) is 12.8 Å². The lowest BCUT2D eigenvalue weighted by Gasteiger charge is -2.07. The number of esters is 1. The molecule has 0 saturated heterocycles. The second-order valence-corrected chi connectivity index (χ2v) is 2.52. The lowest BCUT2D eigenvalue weighted by Crippen LogP contribution is -2.04. The van der Waals surface area contributed by atoms with Crippen LogP contribution in [-0.4, -0.2) is 23.3 Å². The van der Waals surface area contributed by atoms with Crippen LogP contribution in [0.25, 0.3) is 0 Å². The number of carbonyl (C=O) groups excluding carboxylic acids is 1. The average molecular weight is 201 g/mol. The lowest BCUT2D eigenvalue weighted by molar-refractivity contribution is 0.0596. The van der Waals surface area contributed by atoms with Crippen LogP contribution >= 0.6 is 0 Å². The van der Waals surface area contributed by atoms with E-state index >= 15 is 0 Å². The molecule has 4 N–H and O–H groups in total. The fourth-order valence-electron chi connectivity index (χ4n) is 0.921. The quantitative estimate of drug-likeness (QED) is 0.268. The van der Waals surface area contributed by atoms with E-state index in [9.17, 15) is 9.18 Å². The van der Waals surface area contributed by atoms with Gasteiger partial charge in [-0.1, -0.05) is 0 Å². The van der Waals surface area contributed by atoms with E-state index in [1.807, 2.05) is 0 Å². The van der Waals surface area contributed by atoms with E-state index in [1.165, 1.54) is 0 Å². The van der Waals surface area contributed by atoms with E-state index in [0.29, 0.717) is 0 Å². The highest BCUT2D eigenvalue weighted by atomic mass is 19.1. The number of rotatable bonds is 1. The molecule has 0 aliphatic heterocycles. The number of ether oxygens (including phenoxy) is 1. The van der Waals surface area contributed by atoms with E-state index in [0.717, 1.165) is 13.2 Å².